The van der Waals surface area contributed by atoms with Gasteiger partial charge in [0.15, 0.2) is 0 Å². The first-order chi connectivity index (χ1) is 15.5. The van der Waals surface area contributed by atoms with Gasteiger partial charge in [0, 0.05) is 30.5 Å². The van der Waals surface area contributed by atoms with Gasteiger partial charge >= 0.3 is 5.97 Å². The Hall–Kier alpha value is -3.92. The van der Waals surface area contributed by atoms with Gasteiger partial charge in [0.1, 0.15) is 12.6 Å². The molecule has 2 aromatic carbocycles. The number of piperidine rings is 1. The molecule has 2 aliphatic rings. The molecule has 162 valence electrons. The number of hydrogen-bond acceptors (Lipinski definition) is 5. The summed E-state index contributed by atoms with van der Waals surface area (Å²) >= 11 is 0. The molecular weight excluding hydrogens is 408 g/mol. The quantitative estimate of drug-likeness (QED) is 0.447. The van der Waals surface area contributed by atoms with Crippen molar-refractivity contribution in [3.05, 3.63) is 70.8 Å². The molecule has 32 heavy (non-hydrogen) atoms. The summed E-state index contributed by atoms with van der Waals surface area (Å²) in [5.74, 6) is 4.64. The van der Waals surface area contributed by atoms with Crippen LogP contribution in [0.1, 0.15) is 52.7 Å². The molecule has 0 spiro atoms. The van der Waals surface area contributed by atoms with Crippen molar-refractivity contribution in [2.75, 3.05) is 0 Å². The lowest BCUT2D eigenvalue weighted by molar-refractivity contribution is -0.145. The maximum Gasteiger partial charge on any atom is 0.307 e. The largest absolute Gasteiger partial charge is 0.461 e. The van der Waals surface area contributed by atoms with Crippen molar-refractivity contribution in [2.24, 2.45) is 0 Å². The Morgan fingerprint density at radius 3 is 2.72 bits per heavy atom. The molecule has 1 N–H and O–H groups in total. The van der Waals surface area contributed by atoms with Crippen molar-refractivity contribution in [2.45, 2.75) is 44.9 Å². The number of nitrogens with zero attached hydrogens (tertiary/aromatic N) is 1. The number of benzene rings is 2. The number of imide groups is 1. The number of amides is 3. The second-order valence-electron chi connectivity index (χ2n) is 7.72. The zero-order valence-electron chi connectivity index (χ0n) is 17.4. The highest BCUT2D eigenvalue weighted by Gasteiger charge is 2.39. The van der Waals surface area contributed by atoms with Gasteiger partial charge in [-0.2, -0.15) is 0 Å². The Bertz CT molecular complexity index is 1130. The van der Waals surface area contributed by atoms with E-state index in [1.165, 1.54) is 4.90 Å². The van der Waals surface area contributed by atoms with Crippen molar-refractivity contribution < 1.29 is 23.9 Å². The van der Waals surface area contributed by atoms with E-state index in [9.17, 15) is 19.2 Å². The second kappa shape index (κ2) is 9.48. The number of esters is 1. The number of hydrogen-bond donors (Lipinski definition) is 1. The van der Waals surface area contributed by atoms with Gasteiger partial charge in [-0.25, -0.2) is 0 Å². The lowest BCUT2D eigenvalue weighted by Gasteiger charge is -2.29. The molecule has 0 bridgehead atoms. The molecule has 3 amide bonds. The van der Waals surface area contributed by atoms with Crippen molar-refractivity contribution in [1.82, 2.24) is 10.2 Å². The second-order valence-corrected chi connectivity index (χ2v) is 7.72. The predicted octanol–water partition coefficient (Wildman–Crippen LogP) is 2.32. The van der Waals surface area contributed by atoms with E-state index in [4.69, 9.17) is 4.74 Å². The van der Waals surface area contributed by atoms with E-state index < -0.39 is 11.9 Å². The van der Waals surface area contributed by atoms with Crippen LogP contribution in [0, 0.1) is 11.8 Å². The molecule has 1 atom stereocenters. The molecule has 7 heteroatoms. The third-order valence-corrected chi connectivity index (χ3v) is 5.46. The van der Waals surface area contributed by atoms with Crippen LogP contribution in [0.2, 0.25) is 0 Å². The van der Waals surface area contributed by atoms with E-state index in [1.54, 1.807) is 6.07 Å². The number of carbonyl (C=O) groups excluding carboxylic acids is 4. The van der Waals surface area contributed by atoms with Crippen molar-refractivity contribution >= 4 is 23.7 Å². The summed E-state index contributed by atoms with van der Waals surface area (Å²) in [7, 11) is 0. The predicted molar refractivity (Wildman–Crippen MR) is 115 cm³/mol. The summed E-state index contributed by atoms with van der Waals surface area (Å²) in [6.45, 7) is 0.575. The minimum Gasteiger partial charge on any atom is -0.461 e. The summed E-state index contributed by atoms with van der Waals surface area (Å²) < 4.78 is 5.23. The molecule has 7 nitrogen and oxygen atoms in total. The summed E-state index contributed by atoms with van der Waals surface area (Å²) in [4.78, 5) is 49.7. The lowest BCUT2D eigenvalue weighted by Crippen LogP contribution is -2.52. The van der Waals surface area contributed by atoms with Gasteiger partial charge in [0.2, 0.25) is 11.8 Å². The average Bonchev–Trinajstić information content (AvgIpc) is 3.12. The van der Waals surface area contributed by atoms with Crippen LogP contribution in [0.3, 0.4) is 0 Å². The normalized spacial score (nSPS) is 17.3. The molecule has 0 saturated carbocycles. The molecule has 1 saturated heterocycles. The number of fused-ring (bicyclic) bond motifs is 1. The van der Waals surface area contributed by atoms with E-state index in [2.05, 4.69) is 17.2 Å². The van der Waals surface area contributed by atoms with E-state index in [0.717, 1.165) is 11.1 Å². The molecule has 2 aromatic rings. The molecule has 2 heterocycles. The van der Waals surface area contributed by atoms with Gasteiger partial charge < -0.3 is 9.64 Å². The monoisotopic (exact) mass is 430 g/mol. The first-order valence-electron chi connectivity index (χ1n) is 10.5. The fraction of sp³-hybridized carbons (Fsp3) is 0.280. The van der Waals surface area contributed by atoms with Gasteiger partial charge in [0.05, 0.1) is 6.42 Å². The fourth-order valence-electron chi connectivity index (χ4n) is 3.77. The van der Waals surface area contributed by atoms with E-state index in [1.807, 2.05) is 42.5 Å². The topological polar surface area (TPSA) is 92.8 Å². The minimum absolute atomic E-state index is 0.187. The van der Waals surface area contributed by atoms with Crippen LogP contribution in [0.25, 0.3) is 0 Å². The number of ether oxygens (including phenoxy) is 1. The third-order valence-electron chi connectivity index (χ3n) is 5.46. The molecular formula is C25H22N2O5. The Morgan fingerprint density at radius 2 is 1.94 bits per heavy atom. The van der Waals surface area contributed by atoms with E-state index in [-0.39, 0.29) is 37.2 Å². The van der Waals surface area contributed by atoms with Crippen LogP contribution in [0.15, 0.2) is 48.5 Å². The average molecular weight is 430 g/mol. The Kier molecular flexibility index (Phi) is 6.31. The summed E-state index contributed by atoms with van der Waals surface area (Å²) in [5, 5.41) is 2.29. The molecule has 0 aromatic heterocycles. The maximum absolute atomic E-state index is 12.8. The molecule has 1 fully saturated rings. The highest BCUT2D eigenvalue weighted by molar-refractivity contribution is 6.05. The molecule has 4 rings (SSSR count). The van der Waals surface area contributed by atoms with Crippen molar-refractivity contribution in [3.8, 4) is 11.8 Å². The SMILES string of the molecule is O=C1CCC(N2Cc3ccc(C#CCCC(=O)OCc4ccccc4)cc3C2=O)C(=O)N1. The van der Waals surface area contributed by atoms with Crippen LogP contribution < -0.4 is 5.32 Å². The first-order valence-corrected chi connectivity index (χ1v) is 10.5. The molecule has 0 aliphatic carbocycles. The van der Waals surface area contributed by atoms with Crippen molar-refractivity contribution in [1.29, 1.82) is 0 Å². The van der Waals surface area contributed by atoms with Crippen LogP contribution in [-0.2, 0) is 32.3 Å². The van der Waals surface area contributed by atoms with Gasteiger partial charge in [-0.3, -0.25) is 24.5 Å². The highest BCUT2D eigenvalue weighted by atomic mass is 16.5. The standard InChI is InChI=1S/C25H22N2O5/c28-22-13-12-21(24(30)26-22)27-15-19-11-10-17(14-20(19)25(27)31)6-4-5-9-23(29)32-16-18-7-2-1-3-8-18/h1-3,7-8,10-11,14,21H,5,9,12-13,15-16H2,(H,26,28,30). The minimum atomic E-state index is -0.635. The van der Waals surface area contributed by atoms with Gasteiger partial charge in [-0.1, -0.05) is 48.2 Å². The number of rotatable bonds is 5. The fourth-order valence-corrected chi connectivity index (χ4v) is 3.77. The summed E-state index contributed by atoms with van der Waals surface area (Å²) in [6.07, 6.45) is 1.09. The molecule has 2 aliphatic heterocycles. The Balaban J connectivity index is 1.31. The van der Waals surface area contributed by atoms with Crippen molar-refractivity contribution in [3.63, 3.8) is 0 Å². The summed E-state index contributed by atoms with van der Waals surface area (Å²) in [6, 6.07) is 14.2. The van der Waals surface area contributed by atoms with Crippen LogP contribution in [0.5, 0.6) is 0 Å². The summed E-state index contributed by atoms with van der Waals surface area (Å²) in [5.41, 5.74) is 2.94. The maximum atomic E-state index is 12.8. The van der Waals surface area contributed by atoms with Crippen LogP contribution >= 0.6 is 0 Å². The number of carbonyl (C=O) groups is 4. The first kappa shape index (κ1) is 21.3. The number of nitrogens with one attached hydrogen (secondary N) is 1. The van der Waals surface area contributed by atoms with E-state index in [0.29, 0.717) is 30.5 Å². The van der Waals surface area contributed by atoms with Gasteiger partial charge in [-0.05, 0) is 29.7 Å². The highest BCUT2D eigenvalue weighted by Crippen LogP contribution is 2.28. The lowest BCUT2D eigenvalue weighted by atomic mass is 10.0. The van der Waals surface area contributed by atoms with Crippen LogP contribution in [-0.4, -0.2) is 34.6 Å². The Morgan fingerprint density at radius 1 is 1.12 bits per heavy atom. The zero-order chi connectivity index (χ0) is 22.5. The zero-order valence-corrected chi connectivity index (χ0v) is 17.4. The molecule has 0 radical (unpaired) electrons. The third kappa shape index (κ3) is 4.86. The van der Waals surface area contributed by atoms with E-state index >= 15 is 0 Å². The van der Waals surface area contributed by atoms with Crippen LogP contribution in [0.4, 0.5) is 0 Å². The van der Waals surface area contributed by atoms with Gasteiger partial charge in [-0.15, -0.1) is 0 Å². The van der Waals surface area contributed by atoms with Gasteiger partial charge in [0.25, 0.3) is 5.91 Å². The molecule has 1 unspecified atom stereocenters. The Labute approximate surface area is 185 Å². The smallest absolute Gasteiger partial charge is 0.307 e.